The normalized spacial score (nSPS) is 31.5. The number of hydrogen-bond acceptors (Lipinski definition) is 2. The Hall–Kier alpha value is -0.250. The van der Waals surface area contributed by atoms with E-state index in [1.807, 2.05) is 12.1 Å². The first-order valence-corrected chi connectivity index (χ1v) is 7.33. The molecule has 0 radical (unpaired) electrons. The van der Waals surface area contributed by atoms with Crippen LogP contribution in [0.3, 0.4) is 0 Å². The number of anilines is 1. The Morgan fingerprint density at radius 2 is 2.12 bits per heavy atom. The molecule has 2 aliphatic heterocycles. The summed E-state index contributed by atoms with van der Waals surface area (Å²) in [5, 5.41) is 4.45. The van der Waals surface area contributed by atoms with Crippen molar-refractivity contribution in [1.29, 1.82) is 0 Å². The van der Waals surface area contributed by atoms with E-state index in [9.17, 15) is 0 Å². The summed E-state index contributed by atoms with van der Waals surface area (Å²) in [6.45, 7) is 3.78. The van der Waals surface area contributed by atoms with Crippen molar-refractivity contribution in [2.75, 3.05) is 25.0 Å². The first-order valence-electron chi connectivity index (χ1n) is 6.16. The molecule has 3 rings (SSSR count). The van der Waals surface area contributed by atoms with E-state index in [-0.39, 0.29) is 0 Å². The van der Waals surface area contributed by atoms with Gasteiger partial charge in [-0.1, -0.05) is 11.6 Å². The molecule has 17 heavy (non-hydrogen) atoms. The number of rotatable bonds is 2. The minimum atomic E-state index is 0.617. The van der Waals surface area contributed by atoms with Gasteiger partial charge in [0.05, 0.1) is 0 Å². The third-order valence-corrected chi connectivity index (χ3v) is 4.80. The fourth-order valence-corrected chi connectivity index (χ4v) is 3.74. The van der Waals surface area contributed by atoms with Gasteiger partial charge in [0.2, 0.25) is 0 Å². The van der Waals surface area contributed by atoms with Crippen molar-refractivity contribution in [2.24, 2.45) is 5.92 Å². The van der Waals surface area contributed by atoms with Crippen molar-refractivity contribution >= 4 is 33.2 Å². The minimum Gasteiger partial charge on any atom is -0.381 e. The highest BCUT2D eigenvalue weighted by Crippen LogP contribution is 2.32. The van der Waals surface area contributed by atoms with E-state index in [1.54, 1.807) is 0 Å². The van der Waals surface area contributed by atoms with Crippen molar-refractivity contribution in [3.8, 4) is 0 Å². The van der Waals surface area contributed by atoms with Crippen LogP contribution >= 0.6 is 27.5 Å². The summed E-state index contributed by atoms with van der Waals surface area (Å²) in [4.78, 5) is 2.57. The lowest BCUT2D eigenvalue weighted by Crippen LogP contribution is -2.39. The molecule has 0 spiro atoms. The fraction of sp³-hybridized carbons (Fsp3) is 0.538. The van der Waals surface area contributed by atoms with Crippen LogP contribution in [0.4, 0.5) is 5.69 Å². The Labute approximate surface area is 115 Å². The van der Waals surface area contributed by atoms with Gasteiger partial charge in [0.25, 0.3) is 0 Å². The van der Waals surface area contributed by atoms with E-state index >= 15 is 0 Å². The number of piperidine rings is 1. The van der Waals surface area contributed by atoms with Gasteiger partial charge >= 0.3 is 0 Å². The molecular formula is C13H16BrClN2. The van der Waals surface area contributed by atoms with Gasteiger partial charge < -0.3 is 10.2 Å². The topological polar surface area (TPSA) is 15.3 Å². The van der Waals surface area contributed by atoms with E-state index in [2.05, 4.69) is 32.2 Å². The lowest BCUT2D eigenvalue weighted by atomic mass is 9.94. The van der Waals surface area contributed by atoms with Gasteiger partial charge in [-0.05, 0) is 59.4 Å². The van der Waals surface area contributed by atoms with Crippen molar-refractivity contribution in [2.45, 2.75) is 18.9 Å². The van der Waals surface area contributed by atoms with E-state index < -0.39 is 0 Å². The van der Waals surface area contributed by atoms with Crippen LogP contribution in [0.25, 0.3) is 0 Å². The zero-order valence-electron chi connectivity index (χ0n) is 9.63. The predicted octanol–water partition coefficient (Wildman–Crippen LogP) is 3.61. The lowest BCUT2D eigenvalue weighted by Gasteiger charge is -2.32. The van der Waals surface area contributed by atoms with Gasteiger partial charge in [0, 0.05) is 34.3 Å². The molecule has 2 heterocycles. The third kappa shape index (κ3) is 2.47. The molecule has 1 aromatic rings. The van der Waals surface area contributed by atoms with Crippen LogP contribution in [0, 0.1) is 5.92 Å². The van der Waals surface area contributed by atoms with Crippen LogP contribution in [-0.2, 0) is 0 Å². The SMILES string of the molecule is Clc1ccc(NC2CCN3CCC2C3)c(Br)c1. The second kappa shape index (κ2) is 4.79. The van der Waals surface area contributed by atoms with Gasteiger partial charge in [-0.2, -0.15) is 0 Å². The van der Waals surface area contributed by atoms with Crippen molar-refractivity contribution in [1.82, 2.24) is 4.90 Å². The smallest absolute Gasteiger partial charge is 0.0487 e. The Morgan fingerprint density at radius 3 is 2.94 bits per heavy atom. The molecule has 1 aromatic carbocycles. The number of hydrogen-bond donors (Lipinski definition) is 1. The van der Waals surface area contributed by atoms with Gasteiger partial charge in [-0.25, -0.2) is 0 Å². The number of fused-ring (bicyclic) bond motifs is 2. The highest BCUT2D eigenvalue weighted by atomic mass is 79.9. The Kier molecular flexibility index (Phi) is 3.33. The average Bonchev–Trinajstić information content (AvgIpc) is 2.69. The Morgan fingerprint density at radius 1 is 1.29 bits per heavy atom. The Balaban J connectivity index is 1.73. The summed E-state index contributed by atoms with van der Waals surface area (Å²) in [5.74, 6) is 0.811. The molecule has 2 saturated heterocycles. The molecule has 92 valence electrons. The zero-order chi connectivity index (χ0) is 11.8. The van der Waals surface area contributed by atoms with E-state index in [0.29, 0.717) is 6.04 Å². The maximum Gasteiger partial charge on any atom is 0.0487 e. The highest BCUT2D eigenvalue weighted by Gasteiger charge is 2.34. The van der Waals surface area contributed by atoms with Gasteiger partial charge in [0.1, 0.15) is 0 Å². The minimum absolute atomic E-state index is 0.617. The number of nitrogens with one attached hydrogen (secondary N) is 1. The standard InChI is InChI=1S/C13H16BrClN2/c14-11-7-10(15)1-2-13(11)16-12-4-6-17-5-3-9(12)8-17/h1-2,7,9,12,16H,3-6,8H2. The van der Waals surface area contributed by atoms with Gasteiger partial charge in [0.15, 0.2) is 0 Å². The second-order valence-corrected chi connectivity index (χ2v) is 6.30. The molecule has 2 nitrogen and oxygen atoms in total. The maximum atomic E-state index is 5.96. The second-order valence-electron chi connectivity index (χ2n) is 5.01. The van der Waals surface area contributed by atoms with Crippen LogP contribution < -0.4 is 5.32 Å². The fourth-order valence-electron chi connectivity index (χ4n) is 2.95. The van der Waals surface area contributed by atoms with Crippen LogP contribution in [0.2, 0.25) is 5.02 Å². The lowest BCUT2D eigenvalue weighted by molar-refractivity contribution is 0.255. The quantitative estimate of drug-likeness (QED) is 0.897. The number of halogens is 2. The van der Waals surface area contributed by atoms with E-state index in [1.165, 1.54) is 38.2 Å². The summed E-state index contributed by atoms with van der Waals surface area (Å²) in [7, 11) is 0. The third-order valence-electron chi connectivity index (χ3n) is 3.91. The molecule has 2 aliphatic rings. The summed E-state index contributed by atoms with van der Waals surface area (Å²) < 4.78 is 1.06. The Bertz CT molecular complexity index is 424. The molecule has 0 saturated carbocycles. The van der Waals surface area contributed by atoms with E-state index in [0.717, 1.165) is 15.4 Å². The van der Waals surface area contributed by atoms with Gasteiger partial charge in [-0.3, -0.25) is 0 Å². The van der Waals surface area contributed by atoms with Crippen molar-refractivity contribution < 1.29 is 0 Å². The zero-order valence-corrected chi connectivity index (χ0v) is 12.0. The van der Waals surface area contributed by atoms with Crippen LogP contribution in [-0.4, -0.2) is 30.6 Å². The molecule has 1 N–H and O–H groups in total. The number of benzene rings is 1. The predicted molar refractivity (Wildman–Crippen MR) is 75.7 cm³/mol. The molecule has 3 atom stereocenters. The molecule has 0 amide bonds. The summed E-state index contributed by atoms with van der Waals surface area (Å²) >= 11 is 9.53. The number of nitrogens with zero attached hydrogens (tertiary/aromatic N) is 1. The molecule has 0 aromatic heterocycles. The molecule has 3 unspecified atom stereocenters. The van der Waals surface area contributed by atoms with Crippen LogP contribution in [0.1, 0.15) is 12.8 Å². The molecule has 2 bridgehead atoms. The monoisotopic (exact) mass is 314 g/mol. The highest BCUT2D eigenvalue weighted by molar-refractivity contribution is 9.10. The first kappa shape index (κ1) is 11.8. The summed E-state index contributed by atoms with van der Waals surface area (Å²) in [6.07, 6.45) is 2.59. The van der Waals surface area contributed by atoms with Crippen LogP contribution in [0.15, 0.2) is 22.7 Å². The maximum absolute atomic E-state index is 5.96. The summed E-state index contributed by atoms with van der Waals surface area (Å²) in [6, 6.07) is 6.58. The van der Waals surface area contributed by atoms with Crippen molar-refractivity contribution in [3.63, 3.8) is 0 Å². The summed E-state index contributed by atoms with van der Waals surface area (Å²) in [5.41, 5.74) is 1.17. The average molecular weight is 316 g/mol. The molecule has 2 fully saturated rings. The first-order chi connectivity index (χ1) is 8.22. The molecule has 4 heteroatoms. The van der Waals surface area contributed by atoms with Crippen LogP contribution in [0.5, 0.6) is 0 Å². The van der Waals surface area contributed by atoms with Crippen molar-refractivity contribution in [3.05, 3.63) is 27.7 Å². The molecular weight excluding hydrogens is 300 g/mol. The molecule has 0 aliphatic carbocycles. The van der Waals surface area contributed by atoms with E-state index in [4.69, 9.17) is 11.6 Å². The largest absolute Gasteiger partial charge is 0.381 e. The van der Waals surface area contributed by atoms with Gasteiger partial charge in [-0.15, -0.1) is 0 Å².